The first-order valence-electron chi connectivity index (χ1n) is 6.79. The minimum absolute atomic E-state index is 0.192. The number of nitrogens with one attached hydrogen (secondary N) is 1. The van der Waals surface area contributed by atoms with Gasteiger partial charge >= 0.3 is 0 Å². The fraction of sp³-hybridized carbons (Fsp3) is 0.267. The lowest BCUT2D eigenvalue weighted by atomic mass is 10.1. The van der Waals surface area contributed by atoms with Crippen molar-refractivity contribution >= 4 is 33.0 Å². The predicted molar refractivity (Wildman–Crippen MR) is 89.6 cm³/mol. The molecule has 1 N–H and O–H groups in total. The summed E-state index contributed by atoms with van der Waals surface area (Å²) >= 11 is 1.59. The molecule has 0 aliphatic carbocycles. The average molecular weight is 338 g/mol. The van der Waals surface area contributed by atoms with Gasteiger partial charge < -0.3 is 4.90 Å². The molecular weight excluding hydrogens is 320 g/mol. The lowest BCUT2D eigenvalue weighted by molar-refractivity contribution is 0.0755. The summed E-state index contributed by atoms with van der Waals surface area (Å²) in [6.07, 6.45) is 1.07. The number of sulfonamides is 1. The molecule has 0 saturated heterocycles. The van der Waals surface area contributed by atoms with Crippen molar-refractivity contribution in [2.75, 3.05) is 17.5 Å². The summed E-state index contributed by atoms with van der Waals surface area (Å²) in [4.78, 5) is 15.5. The molecule has 0 fully saturated rings. The molecule has 1 aromatic heterocycles. The third-order valence-corrected chi connectivity index (χ3v) is 4.50. The van der Waals surface area contributed by atoms with E-state index in [-0.39, 0.29) is 5.91 Å². The van der Waals surface area contributed by atoms with E-state index < -0.39 is 10.0 Å². The van der Waals surface area contributed by atoms with E-state index in [1.807, 2.05) is 24.4 Å². The molecule has 0 atom stereocenters. The van der Waals surface area contributed by atoms with E-state index in [2.05, 4.69) is 4.72 Å². The van der Waals surface area contributed by atoms with Gasteiger partial charge in [0.2, 0.25) is 10.0 Å². The first kappa shape index (κ1) is 16.5. The van der Waals surface area contributed by atoms with E-state index in [9.17, 15) is 13.2 Å². The number of amides is 1. The summed E-state index contributed by atoms with van der Waals surface area (Å²) < 4.78 is 25.3. The van der Waals surface area contributed by atoms with Crippen LogP contribution in [0.25, 0.3) is 0 Å². The summed E-state index contributed by atoms with van der Waals surface area (Å²) in [6.45, 7) is 2.96. The number of benzene rings is 1. The molecule has 2 aromatic rings. The van der Waals surface area contributed by atoms with Gasteiger partial charge in [-0.15, -0.1) is 11.3 Å². The molecule has 0 spiro atoms. The van der Waals surface area contributed by atoms with Crippen molar-refractivity contribution < 1.29 is 13.2 Å². The van der Waals surface area contributed by atoms with Gasteiger partial charge in [-0.1, -0.05) is 18.2 Å². The summed E-state index contributed by atoms with van der Waals surface area (Å²) in [5, 5.41) is 1.97. The SMILES string of the molecule is CCN(Cc1cccs1)C(=O)c1ccccc1NS(C)(=O)=O. The Morgan fingerprint density at radius 3 is 2.55 bits per heavy atom. The number of nitrogens with zero attached hydrogens (tertiary/aromatic N) is 1. The highest BCUT2D eigenvalue weighted by Gasteiger charge is 2.19. The fourth-order valence-corrected chi connectivity index (χ4v) is 3.34. The van der Waals surface area contributed by atoms with E-state index in [0.717, 1.165) is 11.1 Å². The van der Waals surface area contributed by atoms with Gasteiger partial charge in [0.15, 0.2) is 0 Å². The van der Waals surface area contributed by atoms with Gasteiger partial charge in [0.1, 0.15) is 0 Å². The standard InChI is InChI=1S/C15H18N2O3S2/c1-3-17(11-12-7-6-10-21-12)15(18)13-8-4-5-9-14(13)16-22(2,19)20/h4-10,16H,3,11H2,1-2H3. The molecule has 0 radical (unpaired) electrons. The second-order valence-corrected chi connectivity index (χ2v) is 7.60. The molecular formula is C15H18N2O3S2. The molecule has 118 valence electrons. The summed E-state index contributed by atoms with van der Waals surface area (Å²) in [5.41, 5.74) is 0.658. The maximum Gasteiger partial charge on any atom is 0.256 e. The van der Waals surface area contributed by atoms with Crippen LogP contribution < -0.4 is 4.72 Å². The second-order valence-electron chi connectivity index (χ2n) is 4.82. The smallest absolute Gasteiger partial charge is 0.256 e. The molecule has 1 amide bonds. The van der Waals surface area contributed by atoms with Crippen molar-refractivity contribution in [1.29, 1.82) is 0 Å². The van der Waals surface area contributed by atoms with Crippen LogP contribution in [0.3, 0.4) is 0 Å². The van der Waals surface area contributed by atoms with E-state index in [1.54, 1.807) is 40.5 Å². The number of carbonyl (C=O) groups excluding carboxylic acids is 1. The lowest BCUT2D eigenvalue weighted by Crippen LogP contribution is -2.30. The van der Waals surface area contributed by atoms with Crippen LogP contribution in [0.15, 0.2) is 41.8 Å². The van der Waals surface area contributed by atoms with Crippen molar-refractivity contribution in [3.05, 3.63) is 52.2 Å². The third-order valence-electron chi connectivity index (χ3n) is 3.05. The van der Waals surface area contributed by atoms with Crippen molar-refractivity contribution in [2.45, 2.75) is 13.5 Å². The number of thiophene rings is 1. The molecule has 0 unspecified atom stereocenters. The first-order valence-corrected chi connectivity index (χ1v) is 9.56. The zero-order valence-electron chi connectivity index (χ0n) is 12.4. The Morgan fingerprint density at radius 2 is 1.95 bits per heavy atom. The van der Waals surface area contributed by atoms with Gasteiger partial charge in [-0.2, -0.15) is 0 Å². The summed E-state index contributed by atoms with van der Waals surface area (Å²) in [6, 6.07) is 10.6. The predicted octanol–water partition coefficient (Wildman–Crippen LogP) is 2.78. The number of rotatable bonds is 6. The van der Waals surface area contributed by atoms with Crippen LogP contribution >= 0.6 is 11.3 Å². The molecule has 7 heteroatoms. The Kier molecular flexibility index (Phi) is 5.20. The van der Waals surface area contributed by atoms with Gasteiger partial charge in [0.05, 0.1) is 24.1 Å². The number of carbonyl (C=O) groups is 1. The average Bonchev–Trinajstić information content (AvgIpc) is 2.96. The monoisotopic (exact) mass is 338 g/mol. The molecule has 0 aliphatic rings. The van der Waals surface area contributed by atoms with E-state index in [0.29, 0.717) is 24.3 Å². The lowest BCUT2D eigenvalue weighted by Gasteiger charge is -2.21. The van der Waals surface area contributed by atoms with Gasteiger partial charge in [-0.05, 0) is 30.5 Å². The number of anilines is 1. The van der Waals surface area contributed by atoms with Gasteiger partial charge in [0, 0.05) is 11.4 Å². The van der Waals surface area contributed by atoms with Gasteiger partial charge in [-0.25, -0.2) is 8.42 Å². The zero-order chi connectivity index (χ0) is 16.2. The highest BCUT2D eigenvalue weighted by Crippen LogP contribution is 2.20. The Morgan fingerprint density at radius 1 is 1.23 bits per heavy atom. The van der Waals surface area contributed by atoms with Gasteiger partial charge in [0.25, 0.3) is 5.91 Å². The van der Waals surface area contributed by atoms with Crippen molar-refractivity contribution in [3.63, 3.8) is 0 Å². The molecule has 0 saturated carbocycles. The molecule has 2 rings (SSSR count). The molecule has 22 heavy (non-hydrogen) atoms. The summed E-state index contributed by atoms with van der Waals surface area (Å²) in [7, 11) is -3.43. The fourth-order valence-electron chi connectivity index (χ4n) is 2.05. The quantitative estimate of drug-likeness (QED) is 0.881. The maximum atomic E-state index is 12.7. The second kappa shape index (κ2) is 6.93. The highest BCUT2D eigenvalue weighted by molar-refractivity contribution is 7.92. The van der Waals surface area contributed by atoms with Crippen molar-refractivity contribution in [1.82, 2.24) is 4.90 Å². The molecule has 1 aromatic carbocycles. The molecule has 1 heterocycles. The van der Waals surface area contributed by atoms with Crippen molar-refractivity contribution in [3.8, 4) is 0 Å². The third kappa shape index (κ3) is 4.32. The zero-order valence-corrected chi connectivity index (χ0v) is 14.1. The van der Waals surface area contributed by atoms with Crippen molar-refractivity contribution in [2.24, 2.45) is 0 Å². The Labute approximate surface area is 134 Å². The van der Waals surface area contributed by atoms with Crippen LogP contribution in [0.2, 0.25) is 0 Å². The number of para-hydroxylation sites is 1. The Bertz CT molecular complexity index is 740. The van der Waals surface area contributed by atoms with E-state index in [1.165, 1.54) is 0 Å². The Hall–Kier alpha value is -1.86. The molecule has 5 nitrogen and oxygen atoms in total. The largest absolute Gasteiger partial charge is 0.334 e. The molecule has 0 aliphatic heterocycles. The number of hydrogen-bond donors (Lipinski definition) is 1. The van der Waals surface area contributed by atoms with Crippen LogP contribution in [-0.2, 0) is 16.6 Å². The van der Waals surface area contributed by atoms with E-state index in [4.69, 9.17) is 0 Å². The van der Waals surface area contributed by atoms with Crippen LogP contribution in [0, 0.1) is 0 Å². The first-order chi connectivity index (χ1) is 10.4. The van der Waals surface area contributed by atoms with Crippen LogP contribution in [-0.4, -0.2) is 32.0 Å². The summed E-state index contributed by atoms with van der Waals surface area (Å²) in [5.74, 6) is -0.192. The maximum absolute atomic E-state index is 12.7. The minimum atomic E-state index is -3.43. The van der Waals surface area contributed by atoms with E-state index >= 15 is 0 Å². The normalized spacial score (nSPS) is 11.2. The minimum Gasteiger partial charge on any atom is -0.334 e. The molecule has 0 bridgehead atoms. The Balaban J connectivity index is 2.27. The van der Waals surface area contributed by atoms with Crippen LogP contribution in [0.5, 0.6) is 0 Å². The van der Waals surface area contributed by atoms with Crippen LogP contribution in [0.4, 0.5) is 5.69 Å². The number of hydrogen-bond acceptors (Lipinski definition) is 4. The highest BCUT2D eigenvalue weighted by atomic mass is 32.2. The topological polar surface area (TPSA) is 66.5 Å². The van der Waals surface area contributed by atoms with Crippen LogP contribution in [0.1, 0.15) is 22.2 Å². The van der Waals surface area contributed by atoms with Gasteiger partial charge in [-0.3, -0.25) is 9.52 Å².